The number of nitrogens with zero attached hydrogens (tertiary/aromatic N) is 1. The third-order valence-electron chi connectivity index (χ3n) is 2.72. The van der Waals surface area contributed by atoms with Crippen LogP contribution in [0.15, 0.2) is 18.2 Å². The lowest BCUT2D eigenvalue weighted by molar-refractivity contribution is 0.492. The van der Waals surface area contributed by atoms with Gasteiger partial charge < -0.3 is 4.74 Å². The Morgan fingerprint density at radius 1 is 1.28 bits per heavy atom. The Balaban J connectivity index is 2.32. The SMILES string of the molecule is Cc1ccc(C)c(Oc2snc(C(C)C)c2Cl)c1. The molecule has 2 nitrogen and oxygen atoms in total. The van der Waals surface area contributed by atoms with Gasteiger partial charge in [0.2, 0.25) is 5.06 Å². The summed E-state index contributed by atoms with van der Waals surface area (Å²) in [4.78, 5) is 0. The van der Waals surface area contributed by atoms with Crippen LogP contribution in [0.25, 0.3) is 0 Å². The Labute approximate surface area is 117 Å². The van der Waals surface area contributed by atoms with Crippen molar-refractivity contribution in [3.63, 3.8) is 0 Å². The summed E-state index contributed by atoms with van der Waals surface area (Å²) in [5.74, 6) is 1.15. The molecule has 4 heteroatoms. The summed E-state index contributed by atoms with van der Waals surface area (Å²) in [5.41, 5.74) is 3.17. The minimum Gasteiger partial charge on any atom is -0.443 e. The first-order valence-electron chi connectivity index (χ1n) is 5.89. The summed E-state index contributed by atoms with van der Waals surface area (Å²) in [7, 11) is 0. The summed E-state index contributed by atoms with van der Waals surface area (Å²) in [6.07, 6.45) is 0. The molecule has 1 aromatic heterocycles. The maximum absolute atomic E-state index is 6.28. The van der Waals surface area contributed by atoms with Crippen molar-refractivity contribution >= 4 is 23.1 Å². The summed E-state index contributed by atoms with van der Waals surface area (Å²) in [6.45, 7) is 8.21. The van der Waals surface area contributed by atoms with Crippen molar-refractivity contribution in [1.29, 1.82) is 0 Å². The molecule has 96 valence electrons. The van der Waals surface area contributed by atoms with E-state index in [4.69, 9.17) is 16.3 Å². The van der Waals surface area contributed by atoms with Crippen molar-refractivity contribution < 1.29 is 4.74 Å². The van der Waals surface area contributed by atoms with E-state index in [0.29, 0.717) is 16.0 Å². The normalized spacial score (nSPS) is 11.0. The number of benzene rings is 1. The van der Waals surface area contributed by atoms with Gasteiger partial charge in [-0.05, 0) is 37.0 Å². The second-order valence-corrected chi connectivity index (χ2v) is 5.81. The van der Waals surface area contributed by atoms with E-state index in [1.165, 1.54) is 17.1 Å². The molecule has 2 rings (SSSR count). The van der Waals surface area contributed by atoms with Crippen LogP contribution in [0.5, 0.6) is 10.8 Å². The van der Waals surface area contributed by atoms with Crippen LogP contribution in [0.1, 0.15) is 36.6 Å². The summed E-state index contributed by atoms with van der Waals surface area (Å²) in [6, 6.07) is 6.12. The Hall–Kier alpha value is -1.06. The van der Waals surface area contributed by atoms with Crippen LogP contribution >= 0.6 is 23.1 Å². The van der Waals surface area contributed by atoms with Crippen molar-refractivity contribution in [1.82, 2.24) is 4.37 Å². The van der Waals surface area contributed by atoms with Gasteiger partial charge in [0.15, 0.2) is 0 Å². The van der Waals surface area contributed by atoms with Crippen molar-refractivity contribution in [3.05, 3.63) is 40.0 Å². The van der Waals surface area contributed by atoms with Crippen LogP contribution in [-0.4, -0.2) is 4.37 Å². The first-order valence-corrected chi connectivity index (χ1v) is 7.04. The lowest BCUT2D eigenvalue weighted by Gasteiger charge is -2.08. The minimum absolute atomic E-state index is 0.310. The number of aromatic nitrogens is 1. The predicted molar refractivity (Wildman–Crippen MR) is 77.2 cm³/mol. The molecule has 0 bridgehead atoms. The summed E-state index contributed by atoms with van der Waals surface area (Å²) >= 11 is 7.59. The van der Waals surface area contributed by atoms with E-state index in [-0.39, 0.29) is 0 Å². The van der Waals surface area contributed by atoms with E-state index in [0.717, 1.165) is 17.0 Å². The maximum atomic E-state index is 6.28. The zero-order valence-corrected chi connectivity index (χ0v) is 12.5. The molecular weight excluding hydrogens is 266 g/mol. The van der Waals surface area contributed by atoms with Gasteiger partial charge in [-0.15, -0.1) is 0 Å². The molecule has 0 unspecified atom stereocenters. The van der Waals surface area contributed by atoms with Gasteiger partial charge in [-0.3, -0.25) is 0 Å². The molecule has 0 radical (unpaired) electrons. The van der Waals surface area contributed by atoms with Gasteiger partial charge in [-0.1, -0.05) is 37.6 Å². The highest BCUT2D eigenvalue weighted by molar-refractivity contribution is 7.08. The standard InChI is InChI=1S/C14H16ClNOS/c1-8(2)13-12(15)14(18-16-13)17-11-7-9(3)5-6-10(11)4/h5-8H,1-4H3. The van der Waals surface area contributed by atoms with Crippen LogP contribution in [0.2, 0.25) is 5.02 Å². The molecule has 0 fully saturated rings. The molecule has 0 N–H and O–H groups in total. The fraction of sp³-hybridized carbons (Fsp3) is 0.357. The molecule has 1 heterocycles. The lowest BCUT2D eigenvalue weighted by atomic mass is 10.1. The first-order chi connectivity index (χ1) is 8.49. The van der Waals surface area contributed by atoms with E-state index < -0.39 is 0 Å². The zero-order chi connectivity index (χ0) is 13.3. The fourth-order valence-electron chi connectivity index (χ4n) is 1.61. The molecule has 0 saturated carbocycles. The highest BCUT2D eigenvalue weighted by Gasteiger charge is 2.16. The molecule has 0 amide bonds. The van der Waals surface area contributed by atoms with Crippen LogP contribution in [0.3, 0.4) is 0 Å². The van der Waals surface area contributed by atoms with Gasteiger partial charge in [0.05, 0.1) is 5.69 Å². The fourth-order valence-corrected chi connectivity index (χ4v) is 2.86. The average Bonchev–Trinajstić information content (AvgIpc) is 2.66. The zero-order valence-electron chi connectivity index (χ0n) is 11.0. The van der Waals surface area contributed by atoms with Crippen LogP contribution in [-0.2, 0) is 0 Å². The van der Waals surface area contributed by atoms with Gasteiger partial charge in [0.1, 0.15) is 10.8 Å². The quantitative estimate of drug-likeness (QED) is 0.759. The largest absolute Gasteiger partial charge is 0.443 e. The number of halogens is 1. The second kappa shape index (κ2) is 5.29. The van der Waals surface area contributed by atoms with Gasteiger partial charge >= 0.3 is 0 Å². The van der Waals surface area contributed by atoms with Gasteiger partial charge in [0.25, 0.3) is 0 Å². The molecule has 0 aliphatic rings. The Morgan fingerprint density at radius 2 is 2.00 bits per heavy atom. The van der Waals surface area contributed by atoms with Crippen molar-refractivity contribution in [2.45, 2.75) is 33.6 Å². The summed E-state index contributed by atoms with van der Waals surface area (Å²) < 4.78 is 10.2. The first kappa shape index (κ1) is 13.4. The van der Waals surface area contributed by atoms with E-state index in [1.807, 2.05) is 26.0 Å². The third kappa shape index (κ3) is 2.68. The molecule has 0 atom stereocenters. The molecule has 2 aromatic rings. The molecule has 0 spiro atoms. The molecule has 0 aliphatic carbocycles. The Kier molecular flexibility index (Phi) is 3.93. The van der Waals surface area contributed by atoms with Crippen molar-refractivity contribution in [3.8, 4) is 10.8 Å². The van der Waals surface area contributed by atoms with Gasteiger partial charge in [-0.2, -0.15) is 4.37 Å². The lowest BCUT2D eigenvalue weighted by Crippen LogP contribution is -1.89. The minimum atomic E-state index is 0.310. The highest BCUT2D eigenvalue weighted by Crippen LogP contribution is 2.39. The number of aryl methyl sites for hydroxylation is 2. The molecule has 0 aliphatic heterocycles. The Bertz CT molecular complexity index is 563. The third-order valence-corrected chi connectivity index (χ3v) is 3.94. The number of hydrogen-bond acceptors (Lipinski definition) is 3. The monoisotopic (exact) mass is 281 g/mol. The van der Waals surface area contributed by atoms with Gasteiger partial charge in [0, 0.05) is 11.5 Å². The van der Waals surface area contributed by atoms with E-state index in [9.17, 15) is 0 Å². The van der Waals surface area contributed by atoms with E-state index >= 15 is 0 Å². The van der Waals surface area contributed by atoms with Crippen LogP contribution in [0, 0.1) is 13.8 Å². The molecule has 18 heavy (non-hydrogen) atoms. The summed E-state index contributed by atoms with van der Waals surface area (Å²) in [5, 5.41) is 1.31. The second-order valence-electron chi connectivity index (χ2n) is 4.69. The molecule has 1 aromatic carbocycles. The van der Waals surface area contributed by atoms with Crippen LogP contribution in [0.4, 0.5) is 0 Å². The van der Waals surface area contributed by atoms with Gasteiger partial charge in [-0.25, -0.2) is 0 Å². The Morgan fingerprint density at radius 3 is 2.61 bits per heavy atom. The predicted octanol–water partition coefficient (Wildman–Crippen LogP) is 5.33. The maximum Gasteiger partial charge on any atom is 0.219 e. The number of rotatable bonds is 3. The van der Waals surface area contributed by atoms with Crippen molar-refractivity contribution in [2.75, 3.05) is 0 Å². The highest BCUT2D eigenvalue weighted by atomic mass is 35.5. The van der Waals surface area contributed by atoms with Crippen molar-refractivity contribution in [2.24, 2.45) is 0 Å². The van der Waals surface area contributed by atoms with E-state index in [1.54, 1.807) is 0 Å². The van der Waals surface area contributed by atoms with E-state index in [2.05, 4.69) is 24.3 Å². The topological polar surface area (TPSA) is 22.1 Å². The molecular formula is C14H16ClNOS. The molecule has 0 saturated heterocycles. The smallest absolute Gasteiger partial charge is 0.219 e. The number of hydrogen-bond donors (Lipinski definition) is 0. The number of ether oxygens (including phenoxy) is 1. The van der Waals surface area contributed by atoms with Crippen LogP contribution < -0.4 is 4.74 Å². The average molecular weight is 282 g/mol.